The molecular formula is C27H24N2O2. The maximum atomic E-state index is 6.30. The van der Waals surface area contributed by atoms with Gasteiger partial charge in [-0.1, -0.05) is 57.2 Å². The van der Waals surface area contributed by atoms with Gasteiger partial charge < -0.3 is 9.15 Å². The second-order valence-corrected chi connectivity index (χ2v) is 9.56. The van der Waals surface area contributed by atoms with Crippen molar-refractivity contribution in [1.82, 2.24) is 9.97 Å². The summed E-state index contributed by atoms with van der Waals surface area (Å²) in [6.45, 7) is 8.83. The highest BCUT2D eigenvalue weighted by Gasteiger charge is 2.42. The predicted molar refractivity (Wildman–Crippen MR) is 122 cm³/mol. The summed E-state index contributed by atoms with van der Waals surface area (Å²) in [6, 6.07) is 13.1. The Balaban J connectivity index is 1.56. The lowest BCUT2D eigenvalue weighted by atomic mass is 9.81. The van der Waals surface area contributed by atoms with Crippen molar-refractivity contribution in [1.29, 1.82) is 0 Å². The molecule has 4 heteroatoms. The maximum absolute atomic E-state index is 6.30. The molecule has 0 radical (unpaired) electrons. The molecule has 0 N–H and O–H groups in total. The van der Waals surface area contributed by atoms with E-state index in [0.717, 1.165) is 33.7 Å². The first-order valence-corrected chi connectivity index (χ1v) is 10.7. The average molecular weight is 409 g/mol. The van der Waals surface area contributed by atoms with Gasteiger partial charge in [0.15, 0.2) is 11.9 Å². The van der Waals surface area contributed by atoms with Gasteiger partial charge in [0.25, 0.3) is 0 Å². The van der Waals surface area contributed by atoms with Crippen LogP contribution in [-0.2, 0) is 5.41 Å². The number of rotatable bonds is 1. The Morgan fingerprint density at radius 1 is 1.03 bits per heavy atom. The van der Waals surface area contributed by atoms with Gasteiger partial charge in [-0.2, -0.15) is 0 Å². The van der Waals surface area contributed by atoms with Gasteiger partial charge in [0, 0.05) is 11.1 Å². The molecule has 2 aromatic carbocycles. The highest BCUT2D eigenvalue weighted by Crippen LogP contribution is 2.52. The van der Waals surface area contributed by atoms with Gasteiger partial charge in [0.05, 0.1) is 23.4 Å². The van der Waals surface area contributed by atoms with Crippen LogP contribution >= 0.6 is 0 Å². The molecule has 4 aromatic rings. The number of hydrogen-bond donors (Lipinski definition) is 0. The highest BCUT2D eigenvalue weighted by molar-refractivity contribution is 5.91. The highest BCUT2D eigenvalue weighted by atomic mass is 16.5. The molecule has 1 aliphatic heterocycles. The first kappa shape index (κ1) is 18.4. The Bertz CT molecular complexity index is 1370. The summed E-state index contributed by atoms with van der Waals surface area (Å²) in [5, 5.41) is 2.50. The van der Waals surface area contributed by atoms with E-state index in [2.05, 4.69) is 81.2 Å². The number of aryl methyl sites for hydroxylation is 1. The minimum atomic E-state index is -0.193. The molecule has 2 aliphatic rings. The Hall–Kier alpha value is -3.40. The fraction of sp³-hybridized carbons (Fsp3) is 0.259. The zero-order valence-corrected chi connectivity index (χ0v) is 18.1. The lowest BCUT2D eigenvalue weighted by Gasteiger charge is -2.23. The minimum absolute atomic E-state index is 0.0101. The van der Waals surface area contributed by atoms with Crippen LogP contribution in [0.4, 0.5) is 0 Å². The summed E-state index contributed by atoms with van der Waals surface area (Å²) in [7, 11) is 0. The van der Waals surface area contributed by atoms with Crippen LogP contribution in [0.5, 0.6) is 5.88 Å². The quantitative estimate of drug-likeness (QED) is 0.350. The van der Waals surface area contributed by atoms with Gasteiger partial charge in [0.1, 0.15) is 6.33 Å². The van der Waals surface area contributed by atoms with E-state index in [1.807, 2.05) is 0 Å². The van der Waals surface area contributed by atoms with Crippen LogP contribution in [0.25, 0.3) is 28.1 Å². The molecule has 6 rings (SSSR count). The molecule has 31 heavy (non-hydrogen) atoms. The van der Waals surface area contributed by atoms with Crippen LogP contribution in [0.1, 0.15) is 60.8 Å². The molecule has 154 valence electrons. The molecule has 3 heterocycles. The van der Waals surface area contributed by atoms with Crippen molar-refractivity contribution in [3.63, 3.8) is 0 Å². The molecule has 0 bridgehead atoms. The number of hydrogen-bond acceptors (Lipinski definition) is 4. The molecule has 2 unspecified atom stereocenters. The van der Waals surface area contributed by atoms with Crippen molar-refractivity contribution in [2.24, 2.45) is 0 Å². The van der Waals surface area contributed by atoms with Crippen molar-refractivity contribution in [2.45, 2.75) is 45.1 Å². The van der Waals surface area contributed by atoms with Gasteiger partial charge in [-0.25, -0.2) is 9.97 Å². The second kappa shape index (κ2) is 6.30. The molecule has 1 aliphatic carbocycles. The summed E-state index contributed by atoms with van der Waals surface area (Å²) in [6.07, 6.45) is 7.57. The summed E-state index contributed by atoms with van der Waals surface area (Å²) >= 11 is 0. The van der Waals surface area contributed by atoms with Crippen LogP contribution in [0, 0.1) is 6.92 Å². The van der Waals surface area contributed by atoms with Crippen LogP contribution in [0.3, 0.4) is 0 Å². The average Bonchev–Trinajstić information content (AvgIpc) is 3.32. The van der Waals surface area contributed by atoms with Crippen molar-refractivity contribution in [3.05, 3.63) is 83.1 Å². The van der Waals surface area contributed by atoms with Gasteiger partial charge in [0.2, 0.25) is 5.88 Å². The number of nitrogens with zero attached hydrogens (tertiary/aromatic N) is 2. The third-order valence-electron chi connectivity index (χ3n) is 6.47. The predicted octanol–water partition coefficient (Wildman–Crippen LogP) is 6.74. The normalized spacial score (nSPS) is 19.1. The van der Waals surface area contributed by atoms with E-state index in [1.165, 1.54) is 16.3 Å². The molecule has 0 spiro atoms. The Morgan fingerprint density at radius 2 is 1.87 bits per heavy atom. The standard InChI is InChI=1S/C27H24N2O2/c1-15-13-30-24-18(15)9-10-20-22-23(28-14-29-26(22)31-25(20)24)17-11-16-7-5-6-8-19(16)21(12-17)27(2,3)4/h5-14,20,25H,1-4H3. The lowest BCUT2D eigenvalue weighted by molar-refractivity contribution is 0.184. The molecule has 4 nitrogen and oxygen atoms in total. The minimum Gasteiger partial charge on any atom is -0.465 e. The SMILES string of the molecule is Cc1coc2c1C=CC1c3c(ncnc3-c3cc(C(C)(C)C)c4ccccc4c3)OC21. The molecule has 0 fully saturated rings. The fourth-order valence-corrected chi connectivity index (χ4v) is 4.94. The topological polar surface area (TPSA) is 48.2 Å². The number of furan rings is 1. The fourth-order valence-electron chi connectivity index (χ4n) is 4.94. The van der Waals surface area contributed by atoms with Gasteiger partial charge in [-0.15, -0.1) is 0 Å². The van der Waals surface area contributed by atoms with Crippen LogP contribution in [0.2, 0.25) is 0 Å². The van der Waals surface area contributed by atoms with E-state index in [-0.39, 0.29) is 17.4 Å². The first-order valence-electron chi connectivity index (χ1n) is 10.7. The third kappa shape index (κ3) is 2.67. The number of aromatic nitrogens is 2. The van der Waals surface area contributed by atoms with Crippen LogP contribution in [-0.4, -0.2) is 9.97 Å². The van der Waals surface area contributed by atoms with Crippen molar-refractivity contribution < 1.29 is 9.15 Å². The summed E-state index contributed by atoms with van der Waals surface area (Å²) in [4.78, 5) is 9.22. The molecule has 2 atom stereocenters. The van der Waals surface area contributed by atoms with Gasteiger partial charge >= 0.3 is 0 Å². The van der Waals surface area contributed by atoms with E-state index in [1.54, 1.807) is 12.6 Å². The lowest BCUT2D eigenvalue weighted by Crippen LogP contribution is -2.13. The van der Waals surface area contributed by atoms with Crippen LogP contribution in [0.15, 0.2) is 59.5 Å². The van der Waals surface area contributed by atoms with E-state index in [4.69, 9.17) is 14.1 Å². The van der Waals surface area contributed by atoms with Gasteiger partial charge in [-0.05, 0) is 46.4 Å². The Morgan fingerprint density at radius 3 is 2.71 bits per heavy atom. The summed E-state index contributed by atoms with van der Waals surface area (Å²) in [5.74, 6) is 1.56. The zero-order chi connectivity index (χ0) is 21.3. The van der Waals surface area contributed by atoms with Gasteiger partial charge in [-0.3, -0.25) is 0 Å². The maximum Gasteiger partial charge on any atom is 0.221 e. The van der Waals surface area contributed by atoms with Crippen molar-refractivity contribution in [3.8, 4) is 17.1 Å². The number of fused-ring (bicyclic) bond motifs is 6. The number of benzene rings is 2. The molecule has 0 amide bonds. The van der Waals surface area contributed by atoms with Crippen LogP contribution < -0.4 is 4.74 Å². The summed E-state index contributed by atoms with van der Waals surface area (Å²) < 4.78 is 12.2. The zero-order valence-electron chi connectivity index (χ0n) is 18.1. The van der Waals surface area contributed by atoms with Crippen molar-refractivity contribution in [2.75, 3.05) is 0 Å². The largest absolute Gasteiger partial charge is 0.465 e. The second-order valence-electron chi connectivity index (χ2n) is 9.56. The third-order valence-corrected chi connectivity index (χ3v) is 6.47. The smallest absolute Gasteiger partial charge is 0.221 e. The molecule has 2 aromatic heterocycles. The molecule has 0 saturated carbocycles. The van der Waals surface area contributed by atoms with E-state index >= 15 is 0 Å². The molecular weight excluding hydrogens is 384 g/mol. The first-order chi connectivity index (χ1) is 14.9. The number of ether oxygens (including phenoxy) is 1. The summed E-state index contributed by atoms with van der Waals surface area (Å²) in [5.41, 5.74) is 6.64. The Kier molecular flexibility index (Phi) is 3.73. The Labute approximate surface area is 181 Å². The van der Waals surface area contributed by atoms with E-state index < -0.39 is 0 Å². The molecule has 0 saturated heterocycles. The van der Waals surface area contributed by atoms with Crippen molar-refractivity contribution >= 4 is 16.8 Å². The monoisotopic (exact) mass is 408 g/mol. The van der Waals surface area contributed by atoms with E-state index in [0.29, 0.717) is 5.88 Å². The van der Waals surface area contributed by atoms with E-state index in [9.17, 15) is 0 Å².